The van der Waals surface area contributed by atoms with Crippen molar-refractivity contribution in [3.8, 4) is 11.5 Å². The first-order valence-corrected chi connectivity index (χ1v) is 8.84. The average Bonchev–Trinajstić information content (AvgIpc) is 2.53. The Morgan fingerprint density at radius 3 is 2.62 bits per heavy atom. The van der Waals surface area contributed by atoms with Gasteiger partial charge in [0.1, 0.15) is 0 Å². The molecular formula is C18H18O5S. The van der Waals surface area contributed by atoms with Crippen molar-refractivity contribution in [3.63, 3.8) is 0 Å². The number of hydrogen-bond donors (Lipinski definition) is 0. The summed E-state index contributed by atoms with van der Waals surface area (Å²) in [4.78, 5) is 0.135. The van der Waals surface area contributed by atoms with Crippen molar-refractivity contribution in [2.75, 3.05) is 7.11 Å². The number of benzene rings is 2. The Hall–Kier alpha value is -2.31. The van der Waals surface area contributed by atoms with Gasteiger partial charge in [0, 0.05) is 5.56 Å². The molecule has 2 aromatic carbocycles. The molecule has 0 saturated carbocycles. The molecule has 0 bridgehead atoms. The summed E-state index contributed by atoms with van der Waals surface area (Å²) >= 11 is 0. The van der Waals surface area contributed by atoms with E-state index in [1.54, 1.807) is 43.3 Å². The molecule has 0 radical (unpaired) electrons. The van der Waals surface area contributed by atoms with Crippen LogP contribution >= 0.6 is 0 Å². The van der Waals surface area contributed by atoms with Crippen LogP contribution in [-0.2, 0) is 14.3 Å². The van der Waals surface area contributed by atoms with Gasteiger partial charge in [-0.25, -0.2) is 4.18 Å². The molecule has 126 valence electrons. The zero-order valence-corrected chi connectivity index (χ0v) is 14.5. The molecule has 1 aliphatic rings. The van der Waals surface area contributed by atoms with Crippen molar-refractivity contribution in [1.82, 2.24) is 0 Å². The highest BCUT2D eigenvalue weighted by molar-refractivity contribution is 7.86. The number of fused-ring (bicyclic) bond motifs is 1. The summed E-state index contributed by atoms with van der Waals surface area (Å²) in [5.41, 5.74) is 2.42. The molecule has 0 unspecified atom stereocenters. The van der Waals surface area contributed by atoms with Gasteiger partial charge in [0.25, 0.3) is 0 Å². The largest absolute Gasteiger partial charge is 0.493 e. The third-order valence-corrected chi connectivity index (χ3v) is 5.16. The van der Waals surface area contributed by atoms with Gasteiger partial charge in [-0.3, -0.25) is 0 Å². The molecule has 2 aromatic rings. The van der Waals surface area contributed by atoms with Crippen LogP contribution in [0.25, 0.3) is 6.08 Å². The summed E-state index contributed by atoms with van der Waals surface area (Å²) in [5, 5.41) is 0. The molecule has 5 nitrogen and oxygen atoms in total. The Bertz CT molecular complexity index is 900. The summed E-state index contributed by atoms with van der Waals surface area (Å²) in [6.07, 6.45) is 2.27. The standard InChI is InChI=1S/C18H18O5S/c1-12-7-9-16(13(2)11-12)24(19,20)23-17-10-8-14-5-4-6-15(21-3)18(14)22-17/h4-11,17H,1-3H3/t17-/m1/s1. The molecule has 0 amide bonds. The molecule has 1 atom stereocenters. The average molecular weight is 346 g/mol. The first-order chi connectivity index (χ1) is 11.4. The van der Waals surface area contributed by atoms with Gasteiger partial charge in [0.2, 0.25) is 6.29 Å². The Morgan fingerprint density at radius 2 is 1.92 bits per heavy atom. The molecule has 1 aliphatic heterocycles. The third kappa shape index (κ3) is 3.16. The summed E-state index contributed by atoms with van der Waals surface area (Å²) in [7, 11) is -2.42. The summed E-state index contributed by atoms with van der Waals surface area (Å²) < 4.78 is 41.2. The molecular weight excluding hydrogens is 328 g/mol. The van der Waals surface area contributed by atoms with E-state index in [4.69, 9.17) is 13.7 Å². The normalized spacial score (nSPS) is 16.4. The van der Waals surface area contributed by atoms with Crippen molar-refractivity contribution in [3.05, 3.63) is 59.2 Å². The Labute approximate surface area is 141 Å². The second kappa shape index (κ2) is 6.30. The van der Waals surface area contributed by atoms with E-state index in [1.807, 2.05) is 19.1 Å². The number of hydrogen-bond acceptors (Lipinski definition) is 5. The van der Waals surface area contributed by atoms with E-state index in [0.29, 0.717) is 17.1 Å². The van der Waals surface area contributed by atoms with Crippen molar-refractivity contribution in [2.24, 2.45) is 0 Å². The van der Waals surface area contributed by atoms with Gasteiger partial charge in [0.15, 0.2) is 11.5 Å². The fourth-order valence-electron chi connectivity index (χ4n) is 2.60. The first-order valence-electron chi connectivity index (χ1n) is 7.43. The minimum atomic E-state index is -3.95. The topological polar surface area (TPSA) is 61.8 Å². The lowest BCUT2D eigenvalue weighted by molar-refractivity contribution is 0.0489. The molecule has 1 heterocycles. The van der Waals surface area contributed by atoms with Crippen LogP contribution in [0.3, 0.4) is 0 Å². The van der Waals surface area contributed by atoms with E-state index in [1.165, 1.54) is 7.11 Å². The molecule has 0 aliphatic carbocycles. The number of rotatable bonds is 4. The van der Waals surface area contributed by atoms with Crippen molar-refractivity contribution in [1.29, 1.82) is 0 Å². The van der Waals surface area contributed by atoms with Gasteiger partial charge in [-0.15, -0.1) is 0 Å². The molecule has 3 rings (SSSR count). The van der Waals surface area contributed by atoms with Gasteiger partial charge >= 0.3 is 10.1 Å². The molecule has 0 fully saturated rings. The third-order valence-electron chi connectivity index (χ3n) is 3.72. The monoisotopic (exact) mass is 346 g/mol. The zero-order valence-electron chi connectivity index (χ0n) is 13.6. The van der Waals surface area contributed by atoms with Crippen LogP contribution in [0.15, 0.2) is 47.4 Å². The van der Waals surface area contributed by atoms with Gasteiger partial charge in [-0.2, -0.15) is 8.42 Å². The smallest absolute Gasteiger partial charge is 0.300 e. The maximum absolute atomic E-state index is 12.5. The Balaban J connectivity index is 1.87. The lowest BCUT2D eigenvalue weighted by Crippen LogP contribution is -2.25. The van der Waals surface area contributed by atoms with E-state index in [2.05, 4.69) is 0 Å². The quantitative estimate of drug-likeness (QED) is 0.794. The number of para-hydroxylation sites is 1. The van der Waals surface area contributed by atoms with Gasteiger partial charge in [0.05, 0.1) is 12.0 Å². The van der Waals surface area contributed by atoms with Crippen LogP contribution < -0.4 is 9.47 Å². The van der Waals surface area contributed by atoms with E-state index < -0.39 is 16.4 Å². The van der Waals surface area contributed by atoms with Crippen LogP contribution in [-0.4, -0.2) is 21.8 Å². The highest BCUT2D eigenvalue weighted by atomic mass is 32.2. The van der Waals surface area contributed by atoms with Crippen LogP contribution in [0, 0.1) is 13.8 Å². The molecule has 0 N–H and O–H groups in total. The molecule has 24 heavy (non-hydrogen) atoms. The zero-order chi connectivity index (χ0) is 17.3. The van der Waals surface area contributed by atoms with Crippen LogP contribution in [0.1, 0.15) is 16.7 Å². The second-order valence-electron chi connectivity index (χ2n) is 5.54. The minimum absolute atomic E-state index is 0.135. The van der Waals surface area contributed by atoms with Crippen molar-refractivity contribution < 1.29 is 22.1 Å². The predicted molar refractivity (Wildman–Crippen MR) is 90.6 cm³/mol. The summed E-state index contributed by atoms with van der Waals surface area (Å²) in [6, 6.07) is 10.5. The number of ether oxygens (including phenoxy) is 2. The summed E-state index contributed by atoms with van der Waals surface area (Å²) in [5.74, 6) is 0.984. The minimum Gasteiger partial charge on any atom is -0.493 e. The highest BCUT2D eigenvalue weighted by Gasteiger charge is 2.26. The maximum Gasteiger partial charge on any atom is 0.300 e. The SMILES string of the molecule is COc1cccc2c1O[C@H](OS(=O)(=O)c1ccc(C)cc1C)C=C2. The Morgan fingerprint density at radius 1 is 1.12 bits per heavy atom. The number of methoxy groups -OCH3 is 1. The van der Waals surface area contributed by atoms with Crippen LogP contribution in [0.5, 0.6) is 11.5 Å². The lowest BCUT2D eigenvalue weighted by atomic mass is 10.1. The molecule has 0 spiro atoms. The molecule has 0 saturated heterocycles. The second-order valence-corrected chi connectivity index (χ2v) is 7.08. The van der Waals surface area contributed by atoms with Gasteiger partial charge in [-0.05, 0) is 43.7 Å². The highest BCUT2D eigenvalue weighted by Crippen LogP contribution is 2.36. The fraction of sp³-hybridized carbons (Fsp3) is 0.222. The molecule has 0 aromatic heterocycles. The van der Waals surface area contributed by atoms with Gasteiger partial charge < -0.3 is 9.47 Å². The summed E-state index contributed by atoms with van der Waals surface area (Å²) in [6.45, 7) is 3.64. The van der Waals surface area contributed by atoms with Crippen molar-refractivity contribution in [2.45, 2.75) is 25.0 Å². The molecule has 6 heteroatoms. The fourth-order valence-corrected chi connectivity index (χ4v) is 3.74. The van der Waals surface area contributed by atoms with Crippen LogP contribution in [0.2, 0.25) is 0 Å². The van der Waals surface area contributed by atoms with E-state index in [9.17, 15) is 8.42 Å². The predicted octanol–water partition coefficient (Wildman–Crippen LogP) is 3.45. The lowest BCUT2D eigenvalue weighted by Gasteiger charge is -2.23. The maximum atomic E-state index is 12.5. The van der Waals surface area contributed by atoms with Crippen LogP contribution in [0.4, 0.5) is 0 Å². The Kier molecular flexibility index (Phi) is 4.34. The van der Waals surface area contributed by atoms with E-state index in [0.717, 1.165) is 11.1 Å². The first kappa shape index (κ1) is 16.5. The number of aryl methyl sites for hydroxylation is 2. The van der Waals surface area contributed by atoms with E-state index >= 15 is 0 Å². The van der Waals surface area contributed by atoms with Gasteiger partial charge in [-0.1, -0.05) is 29.8 Å². The van der Waals surface area contributed by atoms with E-state index in [-0.39, 0.29) is 4.90 Å². The van der Waals surface area contributed by atoms with Crippen molar-refractivity contribution >= 4 is 16.2 Å².